The van der Waals surface area contributed by atoms with E-state index < -0.39 is 0 Å². The summed E-state index contributed by atoms with van der Waals surface area (Å²) in [6, 6.07) is 0. The van der Waals surface area contributed by atoms with Crippen LogP contribution in [-0.2, 0) is 20.4 Å². The molecule has 0 aliphatic rings. The maximum atomic E-state index is 3.76. The summed E-state index contributed by atoms with van der Waals surface area (Å²) in [5.74, 6) is 0. The molecule has 0 aromatic carbocycles. The summed E-state index contributed by atoms with van der Waals surface area (Å²) in [5, 5.41) is 3.19. The van der Waals surface area contributed by atoms with E-state index in [4.69, 9.17) is 0 Å². The van der Waals surface area contributed by atoms with Crippen LogP contribution in [0.4, 0.5) is 0 Å². The second-order valence-corrected chi connectivity index (χ2v) is 3.16. The van der Waals surface area contributed by atoms with Gasteiger partial charge in [0.05, 0.1) is 0 Å². The van der Waals surface area contributed by atoms with Crippen LogP contribution in [0.2, 0.25) is 0 Å². The molecule has 2 heteroatoms. The van der Waals surface area contributed by atoms with Gasteiger partial charge in [0.1, 0.15) is 0 Å². The van der Waals surface area contributed by atoms with Crippen molar-refractivity contribution in [1.82, 2.24) is 0 Å². The summed E-state index contributed by atoms with van der Waals surface area (Å²) in [7, 11) is 0. The van der Waals surface area contributed by atoms with Gasteiger partial charge in [-0.3, -0.25) is 11.3 Å². The number of thiophene rings is 1. The van der Waals surface area contributed by atoms with Gasteiger partial charge in [0.15, 0.2) is 0 Å². The first-order chi connectivity index (χ1) is 7.29. The Kier molecular flexibility index (Phi) is 19.6. The van der Waals surface area contributed by atoms with Gasteiger partial charge >= 0.3 is 0 Å². The maximum Gasteiger partial charge on any atom is 0 e. The van der Waals surface area contributed by atoms with Crippen molar-refractivity contribution < 1.29 is 20.4 Å². The first-order valence-electron chi connectivity index (χ1n) is 5.55. The molecule has 93 valence electrons. The molecule has 0 saturated heterocycles. The number of aryl methyl sites for hydroxylation is 1. The maximum absolute atomic E-state index is 3.76. The van der Waals surface area contributed by atoms with Crippen molar-refractivity contribution in [3.8, 4) is 0 Å². The zero-order chi connectivity index (χ0) is 12.3. The van der Waals surface area contributed by atoms with Gasteiger partial charge in [0, 0.05) is 20.4 Å². The van der Waals surface area contributed by atoms with Crippen LogP contribution in [0.15, 0.2) is 12.7 Å². The Hall–Kier alpha value is -0.158. The topological polar surface area (TPSA) is 0 Å². The van der Waals surface area contributed by atoms with Crippen LogP contribution in [0.3, 0.4) is 0 Å². The van der Waals surface area contributed by atoms with Crippen molar-refractivity contribution in [1.29, 1.82) is 0 Å². The summed E-state index contributed by atoms with van der Waals surface area (Å²) in [5.41, 5.74) is 2.41. The van der Waals surface area contributed by atoms with E-state index in [1.54, 1.807) is 11.3 Å². The van der Waals surface area contributed by atoms with Crippen LogP contribution in [0.1, 0.15) is 50.6 Å². The first kappa shape index (κ1) is 21.2. The summed E-state index contributed by atoms with van der Waals surface area (Å²) in [6.45, 7) is 15.8. The van der Waals surface area contributed by atoms with Crippen LogP contribution >= 0.6 is 11.3 Å². The fraction of sp³-hybridized carbons (Fsp3) is 0.429. The number of hydrogen-bond acceptors (Lipinski definition) is 1. The largest absolute Gasteiger partial charge is 0.295 e. The minimum absolute atomic E-state index is 0. The molecule has 1 aromatic heterocycles. The SMILES string of the molecule is C=Cc1c(C)[c-]sc1/C=C\C.CC.CC.[Re]. The van der Waals surface area contributed by atoms with E-state index in [-0.39, 0.29) is 20.4 Å². The van der Waals surface area contributed by atoms with Gasteiger partial charge in [-0.05, 0) is 6.92 Å². The van der Waals surface area contributed by atoms with Gasteiger partial charge in [-0.2, -0.15) is 11.1 Å². The van der Waals surface area contributed by atoms with E-state index in [9.17, 15) is 0 Å². The molecule has 0 spiro atoms. The molecule has 0 unspecified atom stereocenters. The average Bonchev–Trinajstić information content (AvgIpc) is 2.65. The minimum Gasteiger partial charge on any atom is -0.295 e. The fourth-order valence-electron chi connectivity index (χ4n) is 0.955. The van der Waals surface area contributed by atoms with E-state index in [0.717, 1.165) is 0 Å². The summed E-state index contributed by atoms with van der Waals surface area (Å²) < 4.78 is 0. The normalized spacial score (nSPS) is 8.12. The number of rotatable bonds is 2. The first-order valence-corrected chi connectivity index (χ1v) is 6.37. The summed E-state index contributed by atoms with van der Waals surface area (Å²) >= 11 is 1.64. The third-order valence-electron chi connectivity index (χ3n) is 1.51. The van der Waals surface area contributed by atoms with Gasteiger partial charge in [0.25, 0.3) is 0 Å². The molecular weight excluding hydrogens is 386 g/mol. The second kappa shape index (κ2) is 14.8. The third kappa shape index (κ3) is 7.17. The molecule has 1 heterocycles. The Balaban J connectivity index is -0.000000305. The molecule has 16 heavy (non-hydrogen) atoms. The van der Waals surface area contributed by atoms with E-state index in [2.05, 4.69) is 25.0 Å². The molecular formula is C14H23ReS-. The Morgan fingerprint density at radius 1 is 1.19 bits per heavy atom. The third-order valence-corrected chi connectivity index (χ3v) is 2.49. The standard InChI is InChI=1S/C10H11S.2C2H6.Re/c1-4-6-10-9(5-2)8(3)7-11-10;2*1-2;/h4-6H,2H2,1,3H3;2*1-2H3;/q-1;;;/b6-4-;;;. The predicted octanol–water partition coefficient (Wildman–Crippen LogP) is 5.58. The fourth-order valence-corrected chi connectivity index (χ4v) is 1.88. The van der Waals surface area contributed by atoms with Gasteiger partial charge in [-0.1, -0.05) is 40.7 Å². The summed E-state index contributed by atoms with van der Waals surface area (Å²) in [6.07, 6.45) is 6.01. The average molecular weight is 410 g/mol. The second-order valence-electron chi connectivity index (χ2n) is 2.31. The quantitative estimate of drug-likeness (QED) is 0.559. The Bertz CT molecular complexity index is 285. The van der Waals surface area contributed by atoms with Crippen molar-refractivity contribution in [3.63, 3.8) is 0 Å². The molecule has 0 aliphatic heterocycles. The van der Waals surface area contributed by atoms with Crippen molar-refractivity contribution in [3.05, 3.63) is 34.0 Å². The van der Waals surface area contributed by atoms with Crippen LogP contribution in [0.5, 0.6) is 0 Å². The van der Waals surface area contributed by atoms with Crippen LogP contribution in [-0.4, -0.2) is 0 Å². The van der Waals surface area contributed by atoms with Crippen LogP contribution in [0.25, 0.3) is 12.2 Å². The van der Waals surface area contributed by atoms with E-state index in [0.29, 0.717) is 0 Å². The predicted molar refractivity (Wildman–Crippen MR) is 75.4 cm³/mol. The molecule has 1 aromatic rings. The van der Waals surface area contributed by atoms with Gasteiger partial charge in [0.2, 0.25) is 0 Å². The van der Waals surface area contributed by atoms with Crippen molar-refractivity contribution in [2.75, 3.05) is 0 Å². The molecule has 0 N–H and O–H groups in total. The molecule has 1 radical (unpaired) electrons. The van der Waals surface area contributed by atoms with E-state index >= 15 is 0 Å². The van der Waals surface area contributed by atoms with Crippen molar-refractivity contribution >= 4 is 23.5 Å². The minimum atomic E-state index is 0. The molecule has 0 amide bonds. The van der Waals surface area contributed by atoms with Gasteiger partial charge in [-0.15, -0.1) is 29.0 Å². The molecule has 0 saturated carbocycles. The number of allylic oxidation sites excluding steroid dienone is 1. The number of hydrogen-bond donors (Lipinski definition) is 0. The van der Waals surface area contributed by atoms with Crippen LogP contribution < -0.4 is 0 Å². The molecule has 1 rings (SSSR count). The zero-order valence-corrected chi connectivity index (χ0v) is 14.8. The van der Waals surface area contributed by atoms with E-state index in [1.165, 1.54) is 16.0 Å². The van der Waals surface area contributed by atoms with Crippen LogP contribution in [0, 0.1) is 12.3 Å². The Morgan fingerprint density at radius 2 is 1.69 bits per heavy atom. The Morgan fingerprint density at radius 3 is 2.06 bits per heavy atom. The van der Waals surface area contributed by atoms with Gasteiger partial charge in [-0.25, -0.2) is 0 Å². The Labute approximate surface area is 119 Å². The molecule has 0 fully saturated rings. The smallest absolute Gasteiger partial charge is 0 e. The van der Waals surface area contributed by atoms with Gasteiger partial charge < -0.3 is 0 Å². The molecule has 0 atom stereocenters. The van der Waals surface area contributed by atoms with E-state index in [1.807, 2.05) is 46.8 Å². The monoisotopic (exact) mass is 410 g/mol. The van der Waals surface area contributed by atoms with Crippen molar-refractivity contribution in [2.24, 2.45) is 0 Å². The molecule has 0 nitrogen and oxygen atoms in total. The van der Waals surface area contributed by atoms with Crippen molar-refractivity contribution in [2.45, 2.75) is 41.5 Å². The molecule has 0 aliphatic carbocycles. The zero-order valence-electron chi connectivity index (χ0n) is 11.2. The molecule has 0 bridgehead atoms. The summed E-state index contributed by atoms with van der Waals surface area (Å²) in [4.78, 5) is 1.25.